The van der Waals surface area contributed by atoms with Crippen LogP contribution in [0.3, 0.4) is 0 Å². The molecule has 1 heterocycles. The molecular weight excluding hydrogens is 466 g/mol. The Hall–Kier alpha value is -3.06. The first-order valence-electron chi connectivity index (χ1n) is 10.2. The highest BCUT2D eigenvalue weighted by molar-refractivity contribution is 6.31. The quantitative estimate of drug-likeness (QED) is 0.314. The van der Waals surface area contributed by atoms with Gasteiger partial charge in [0.2, 0.25) is 0 Å². The van der Waals surface area contributed by atoms with Crippen molar-refractivity contribution in [3.8, 4) is 5.75 Å². The van der Waals surface area contributed by atoms with Crippen LogP contribution in [0.15, 0.2) is 60.7 Å². The van der Waals surface area contributed by atoms with Crippen molar-refractivity contribution in [2.75, 3.05) is 7.11 Å². The van der Waals surface area contributed by atoms with E-state index < -0.39 is 11.8 Å². The van der Waals surface area contributed by atoms with Crippen molar-refractivity contribution in [3.63, 3.8) is 0 Å². The number of aromatic nitrogens is 1. The first kappa shape index (κ1) is 23.1. The topological polar surface area (TPSA) is 63.5 Å². The monoisotopic (exact) mass is 486 g/mol. The molecule has 0 unspecified atom stereocenters. The van der Waals surface area contributed by atoms with Crippen LogP contribution < -0.4 is 10.1 Å². The van der Waals surface area contributed by atoms with Gasteiger partial charge in [0, 0.05) is 46.7 Å². The van der Waals surface area contributed by atoms with E-state index in [0.29, 0.717) is 40.5 Å². The van der Waals surface area contributed by atoms with Crippen molar-refractivity contribution in [1.82, 2.24) is 9.88 Å². The standard InChI is InChI=1S/C25H21Cl2FN2O3/c1-33-19-8-9-20-21(13-29-12-15-2-5-17(26)6-3-15)24(25(31)32)30(23(20)11-19)14-16-4-7-18(28)10-22(16)27/h2-11,29H,12-14H2,1H3,(H,31,32). The molecule has 4 rings (SSSR count). The third kappa shape index (κ3) is 4.98. The van der Waals surface area contributed by atoms with Gasteiger partial charge in [0.1, 0.15) is 17.3 Å². The molecule has 5 nitrogen and oxygen atoms in total. The van der Waals surface area contributed by atoms with E-state index >= 15 is 0 Å². The third-order valence-electron chi connectivity index (χ3n) is 5.47. The minimum atomic E-state index is -1.06. The van der Waals surface area contributed by atoms with Crippen molar-refractivity contribution in [1.29, 1.82) is 0 Å². The summed E-state index contributed by atoms with van der Waals surface area (Å²) in [5.41, 5.74) is 3.12. The fourth-order valence-corrected chi connectivity index (χ4v) is 4.22. The Kier molecular flexibility index (Phi) is 6.88. The predicted octanol–water partition coefficient (Wildman–Crippen LogP) is 6.13. The van der Waals surface area contributed by atoms with Gasteiger partial charge < -0.3 is 19.7 Å². The molecule has 0 aliphatic rings. The van der Waals surface area contributed by atoms with Crippen molar-refractivity contribution in [3.05, 3.63) is 98.9 Å². The number of methoxy groups -OCH3 is 1. The molecule has 33 heavy (non-hydrogen) atoms. The van der Waals surface area contributed by atoms with Gasteiger partial charge in [-0.05, 0) is 47.5 Å². The zero-order chi connectivity index (χ0) is 23.5. The molecule has 0 aliphatic carbocycles. The summed E-state index contributed by atoms with van der Waals surface area (Å²) >= 11 is 12.2. The van der Waals surface area contributed by atoms with Crippen molar-refractivity contribution in [2.45, 2.75) is 19.6 Å². The van der Waals surface area contributed by atoms with E-state index in [4.69, 9.17) is 27.9 Å². The van der Waals surface area contributed by atoms with Crippen molar-refractivity contribution >= 4 is 40.1 Å². The summed E-state index contributed by atoms with van der Waals surface area (Å²) in [6.07, 6.45) is 0. The number of hydrogen-bond donors (Lipinski definition) is 2. The summed E-state index contributed by atoms with van der Waals surface area (Å²) in [6, 6.07) is 17.0. The molecule has 0 bridgehead atoms. The number of carboxylic acids is 1. The fraction of sp³-hybridized carbons (Fsp3) is 0.160. The molecule has 0 saturated heterocycles. The third-order valence-corrected chi connectivity index (χ3v) is 6.07. The molecule has 8 heteroatoms. The number of carbonyl (C=O) groups is 1. The second kappa shape index (κ2) is 9.83. The Morgan fingerprint density at radius 1 is 1.06 bits per heavy atom. The lowest BCUT2D eigenvalue weighted by Gasteiger charge is -2.12. The lowest BCUT2D eigenvalue weighted by atomic mass is 10.1. The smallest absolute Gasteiger partial charge is 0.352 e. The number of nitrogens with zero attached hydrogens (tertiary/aromatic N) is 1. The van der Waals surface area contributed by atoms with Crippen LogP contribution in [-0.2, 0) is 19.6 Å². The average Bonchev–Trinajstić information content (AvgIpc) is 3.09. The number of nitrogens with one attached hydrogen (secondary N) is 1. The van der Waals surface area contributed by atoms with Gasteiger partial charge in [0.05, 0.1) is 12.6 Å². The molecule has 2 N–H and O–H groups in total. The van der Waals surface area contributed by atoms with E-state index in [0.717, 1.165) is 10.9 Å². The molecule has 170 valence electrons. The Balaban J connectivity index is 1.75. The van der Waals surface area contributed by atoms with Gasteiger partial charge in [-0.1, -0.05) is 41.4 Å². The summed E-state index contributed by atoms with van der Waals surface area (Å²) < 4.78 is 20.6. The van der Waals surface area contributed by atoms with Crippen molar-refractivity contribution in [2.24, 2.45) is 0 Å². The molecule has 0 atom stereocenters. The molecule has 3 aromatic carbocycles. The number of carboxylic acid groups (broad SMARTS) is 1. The summed E-state index contributed by atoms with van der Waals surface area (Å²) in [7, 11) is 1.55. The molecule has 0 saturated carbocycles. The maximum atomic E-state index is 13.5. The first-order chi connectivity index (χ1) is 15.9. The maximum absolute atomic E-state index is 13.5. The van der Waals surface area contributed by atoms with E-state index in [1.54, 1.807) is 29.9 Å². The number of halogens is 3. The minimum Gasteiger partial charge on any atom is -0.497 e. The zero-order valence-electron chi connectivity index (χ0n) is 17.7. The summed E-state index contributed by atoms with van der Waals surface area (Å²) in [6.45, 7) is 1.04. The van der Waals surface area contributed by atoms with Crippen LogP contribution in [0, 0.1) is 5.82 Å². The van der Waals surface area contributed by atoms with Gasteiger partial charge in [-0.2, -0.15) is 0 Å². The normalized spacial score (nSPS) is 11.2. The summed E-state index contributed by atoms with van der Waals surface area (Å²) in [5, 5.41) is 15.1. The Morgan fingerprint density at radius 2 is 1.82 bits per heavy atom. The molecule has 1 aromatic heterocycles. The van der Waals surface area contributed by atoms with Gasteiger partial charge in [0.25, 0.3) is 0 Å². The molecule has 0 radical (unpaired) electrons. The molecule has 4 aromatic rings. The Bertz CT molecular complexity index is 1320. The molecule has 0 fully saturated rings. The predicted molar refractivity (Wildman–Crippen MR) is 128 cm³/mol. The summed E-state index contributed by atoms with van der Waals surface area (Å²) in [5.74, 6) is -0.913. The van der Waals surface area contributed by atoms with Crippen LogP contribution in [0.5, 0.6) is 5.75 Å². The van der Waals surface area contributed by atoms with Gasteiger partial charge in [-0.15, -0.1) is 0 Å². The number of fused-ring (bicyclic) bond motifs is 1. The van der Waals surface area contributed by atoms with Gasteiger partial charge in [-0.3, -0.25) is 0 Å². The second-order valence-corrected chi connectivity index (χ2v) is 8.41. The van der Waals surface area contributed by atoms with Crippen LogP contribution in [0.4, 0.5) is 4.39 Å². The minimum absolute atomic E-state index is 0.141. The van der Waals surface area contributed by atoms with Gasteiger partial charge >= 0.3 is 5.97 Å². The van der Waals surface area contributed by atoms with Crippen LogP contribution in [0.25, 0.3) is 10.9 Å². The number of ether oxygens (including phenoxy) is 1. The first-order valence-corrected chi connectivity index (χ1v) is 10.9. The lowest BCUT2D eigenvalue weighted by Crippen LogP contribution is -2.17. The lowest BCUT2D eigenvalue weighted by molar-refractivity contribution is 0.0684. The number of hydrogen-bond acceptors (Lipinski definition) is 3. The van der Waals surface area contributed by atoms with E-state index in [1.807, 2.05) is 30.3 Å². The summed E-state index contributed by atoms with van der Waals surface area (Å²) in [4.78, 5) is 12.4. The van der Waals surface area contributed by atoms with E-state index in [1.165, 1.54) is 12.1 Å². The van der Waals surface area contributed by atoms with Crippen LogP contribution in [-0.4, -0.2) is 22.8 Å². The maximum Gasteiger partial charge on any atom is 0.352 e. The highest BCUT2D eigenvalue weighted by Gasteiger charge is 2.23. The molecule has 0 spiro atoms. The van der Waals surface area contributed by atoms with Gasteiger partial charge in [0.15, 0.2) is 0 Å². The zero-order valence-corrected chi connectivity index (χ0v) is 19.3. The highest BCUT2D eigenvalue weighted by Crippen LogP contribution is 2.32. The van der Waals surface area contributed by atoms with Crippen LogP contribution in [0.2, 0.25) is 10.0 Å². The number of rotatable bonds is 8. The van der Waals surface area contributed by atoms with Crippen LogP contribution in [0.1, 0.15) is 27.2 Å². The van der Waals surface area contributed by atoms with E-state index in [9.17, 15) is 14.3 Å². The van der Waals surface area contributed by atoms with E-state index in [-0.39, 0.29) is 17.3 Å². The largest absolute Gasteiger partial charge is 0.497 e. The SMILES string of the molecule is COc1ccc2c(CNCc3ccc(Cl)cc3)c(C(=O)O)n(Cc3ccc(F)cc3Cl)c2c1. The average molecular weight is 487 g/mol. The fourth-order valence-electron chi connectivity index (χ4n) is 3.87. The molecular formula is C25H21Cl2FN2O3. The molecule has 0 aliphatic heterocycles. The van der Waals surface area contributed by atoms with Crippen molar-refractivity contribution < 1.29 is 19.0 Å². The second-order valence-electron chi connectivity index (χ2n) is 7.57. The number of aromatic carboxylic acids is 1. The number of benzene rings is 3. The Labute approximate surface area is 200 Å². The van der Waals surface area contributed by atoms with Crippen LogP contribution >= 0.6 is 23.2 Å². The Morgan fingerprint density at radius 3 is 2.48 bits per heavy atom. The van der Waals surface area contributed by atoms with Gasteiger partial charge in [-0.25, -0.2) is 9.18 Å². The highest BCUT2D eigenvalue weighted by atomic mass is 35.5. The van der Waals surface area contributed by atoms with E-state index in [2.05, 4.69) is 5.32 Å². The molecule has 0 amide bonds.